The monoisotopic (exact) mass is 300 g/mol. The SMILES string of the molecule is CCNc1ncc(Br)c(Sc2ncn[nH]2)n1. The molecule has 2 rings (SSSR count). The first-order valence-electron chi connectivity index (χ1n) is 4.59. The molecule has 0 bridgehead atoms. The Labute approximate surface area is 105 Å². The highest BCUT2D eigenvalue weighted by Gasteiger charge is 2.08. The van der Waals surface area contributed by atoms with Crippen molar-refractivity contribution in [3.63, 3.8) is 0 Å². The molecule has 0 spiro atoms. The van der Waals surface area contributed by atoms with Crippen molar-refractivity contribution in [1.82, 2.24) is 25.1 Å². The molecular formula is C8H9BrN6S. The van der Waals surface area contributed by atoms with Crippen LogP contribution in [0.25, 0.3) is 0 Å². The quantitative estimate of drug-likeness (QED) is 0.840. The Morgan fingerprint density at radius 2 is 2.38 bits per heavy atom. The molecule has 16 heavy (non-hydrogen) atoms. The van der Waals surface area contributed by atoms with Crippen LogP contribution in [0.2, 0.25) is 0 Å². The summed E-state index contributed by atoms with van der Waals surface area (Å²) in [5.41, 5.74) is 0. The third-order valence-corrected chi connectivity index (χ3v) is 3.37. The Morgan fingerprint density at radius 1 is 1.50 bits per heavy atom. The third-order valence-electron chi connectivity index (χ3n) is 1.63. The predicted octanol–water partition coefficient (Wildman–Crippen LogP) is 1.94. The van der Waals surface area contributed by atoms with E-state index < -0.39 is 0 Å². The second-order valence-corrected chi connectivity index (χ2v) is 4.60. The molecule has 0 aliphatic carbocycles. The Hall–Kier alpha value is -1.15. The van der Waals surface area contributed by atoms with Crippen molar-refractivity contribution in [2.75, 3.05) is 11.9 Å². The van der Waals surface area contributed by atoms with E-state index >= 15 is 0 Å². The van der Waals surface area contributed by atoms with E-state index in [1.165, 1.54) is 18.1 Å². The minimum Gasteiger partial charge on any atom is -0.354 e. The van der Waals surface area contributed by atoms with Gasteiger partial charge in [0, 0.05) is 12.7 Å². The second-order valence-electron chi connectivity index (χ2n) is 2.77. The summed E-state index contributed by atoms with van der Waals surface area (Å²) in [6, 6.07) is 0. The van der Waals surface area contributed by atoms with Crippen LogP contribution in [-0.2, 0) is 0 Å². The number of anilines is 1. The molecule has 8 heteroatoms. The first kappa shape index (κ1) is 11.3. The molecule has 0 aromatic carbocycles. The van der Waals surface area contributed by atoms with Crippen molar-refractivity contribution < 1.29 is 0 Å². The molecule has 0 radical (unpaired) electrons. The Balaban J connectivity index is 2.21. The summed E-state index contributed by atoms with van der Waals surface area (Å²) >= 11 is 4.79. The van der Waals surface area contributed by atoms with Gasteiger partial charge in [-0.05, 0) is 34.6 Å². The summed E-state index contributed by atoms with van der Waals surface area (Å²) in [5.74, 6) is 0.604. The summed E-state index contributed by atoms with van der Waals surface area (Å²) in [6.07, 6.45) is 3.17. The number of hydrogen-bond acceptors (Lipinski definition) is 6. The van der Waals surface area contributed by atoms with Gasteiger partial charge in [-0.2, -0.15) is 5.10 Å². The first-order valence-corrected chi connectivity index (χ1v) is 6.20. The molecule has 0 saturated heterocycles. The Morgan fingerprint density at radius 3 is 3.06 bits per heavy atom. The number of hydrogen-bond donors (Lipinski definition) is 2. The summed E-state index contributed by atoms with van der Waals surface area (Å²) in [7, 11) is 0. The van der Waals surface area contributed by atoms with Gasteiger partial charge in [-0.1, -0.05) is 0 Å². The van der Waals surface area contributed by atoms with Gasteiger partial charge in [0.25, 0.3) is 0 Å². The molecule has 0 amide bonds. The van der Waals surface area contributed by atoms with Crippen molar-refractivity contribution in [3.8, 4) is 0 Å². The normalized spacial score (nSPS) is 10.4. The molecule has 84 valence electrons. The van der Waals surface area contributed by atoms with E-state index in [0.717, 1.165) is 16.0 Å². The molecule has 0 atom stereocenters. The molecule has 0 fully saturated rings. The summed E-state index contributed by atoms with van der Waals surface area (Å²) < 4.78 is 0.829. The zero-order chi connectivity index (χ0) is 11.4. The molecule has 0 aliphatic heterocycles. The van der Waals surface area contributed by atoms with Crippen LogP contribution in [0.1, 0.15) is 6.92 Å². The fourth-order valence-electron chi connectivity index (χ4n) is 1.00. The number of nitrogens with zero attached hydrogens (tertiary/aromatic N) is 4. The molecule has 2 aromatic heterocycles. The molecule has 2 aromatic rings. The number of halogens is 1. The average Bonchev–Trinajstić information content (AvgIpc) is 2.76. The van der Waals surface area contributed by atoms with Crippen LogP contribution >= 0.6 is 27.7 Å². The van der Waals surface area contributed by atoms with Gasteiger partial charge in [0.15, 0.2) is 5.16 Å². The number of rotatable bonds is 4. The highest BCUT2D eigenvalue weighted by molar-refractivity contribution is 9.10. The van der Waals surface area contributed by atoms with Crippen molar-refractivity contribution in [1.29, 1.82) is 0 Å². The zero-order valence-corrected chi connectivity index (χ0v) is 10.8. The van der Waals surface area contributed by atoms with Gasteiger partial charge >= 0.3 is 0 Å². The van der Waals surface area contributed by atoms with E-state index in [1.54, 1.807) is 6.20 Å². The van der Waals surface area contributed by atoms with Crippen molar-refractivity contribution in [3.05, 3.63) is 17.0 Å². The van der Waals surface area contributed by atoms with E-state index in [0.29, 0.717) is 11.1 Å². The summed E-state index contributed by atoms with van der Waals surface area (Å²) in [5, 5.41) is 11.1. The van der Waals surface area contributed by atoms with E-state index in [9.17, 15) is 0 Å². The van der Waals surface area contributed by atoms with Crippen LogP contribution < -0.4 is 5.32 Å². The Kier molecular flexibility index (Phi) is 3.73. The summed E-state index contributed by atoms with van der Waals surface area (Å²) in [4.78, 5) is 12.5. The number of aromatic nitrogens is 5. The smallest absolute Gasteiger partial charge is 0.223 e. The first-order chi connectivity index (χ1) is 7.79. The number of aromatic amines is 1. The van der Waals surface area contributed by atoms with Crippen molar-refractivity contribution in [2.45, 2.75) is 17.1 Å². The maximum absolute atomic E-state index is 4.34. The average molecular weight is 301 g/mol. The van der Waals surface area contributed by atoms with Gasteiger partial charge in [-0.25, -0.2) is 15.0 Å². The maximum Gasteiger partial charge on any atom is 0.223 e. The highest BCUT2D eigenvalue weighted by Crippen LogP contribution is 2.29. The van der Waals surface area contributed by atoms with Gasteiger partial charge in [0.2, 0.25) is 5.95 Å². The van der Waals surface area contributed by atoms with Crippen LogP contribution in [-0.4, -0.2) is 31.7 Å². The topological polar surface area (TPSA) is 79.4 Å². The molecule has 0 saturated carbocycles. The maximum atomic E-state index is 4.34. The van der Waals surface area contributed by atoms with Gasteiger partial charge in [-0.15, -0.1) is 0 Å². The van der Waals surface area contributed by atoms with Gasteiger partial charge in [0.05, 0.1) is 4.47 Å². The van der Waals surface area contributed by atoms with E-state index in [4.69, 9.17) is 0 Å². The van der Waals surface area contributed by atoms with E-state index in [-0.39, 0.29) is 0 Å². The lowest BCUT2D eigenvalue weighted by atomic mass is 10.6. The molecule has 0 aliphatic rings. The minimum absolute atomic E-state index is 0.604. The van der Waals surface area contributed by atoms with E-state index in [1.807, 2.05) is 6.92 Å². The summed E-state index contributed by atoms with van der Waals surface area (Å²) in [6.45, 7) is 2.78. The van der Waals surface area contributed by atoms with Gasteiger partial charge in [-0.3, -0.25) is 5.10 Å². The molecule has 0 unspecified atom stereocenters. The fourth-order valence-corrected chi connectivity index (χ4v) is 2.10. The second kappa shape index (κ2) is 5.26. The molecule has 2 heterocycles. The standard InChI is InChI=1S/C8H9BrN6S/c1-2-10-7-11-3-5(9)6(14-7)16-8-12-4-13-15-8/h3-4H,2H2,1H3,(H,10,11,14)(H,12,13,15). The molecule has 6 nitrogen and oxygen atoms in total. The van der Waals surface area contributed by atoms with Gasteiger partial charge in [0.1, 0.15) is 11.4 Å². The third kappa shape index (κ3) is 2.70. The largest absolute Gasteiger partial charge is 0.354 e. The lowest BCUT2D eigenvalue weighted by Gasteiger charge is -2.04. The Bertz CT molecular complexity index is 460. The fraction of sp³-hybridized carbons (Fsp3) is 0.250. The number of nitrogens with one attached hydrogen (secondary N) is 2. The highest BCUT2D eigenvalue weighted by atomic mass is 79.9. The van der Waals surface area contributed by atoms with Crippen LogP contribution in [0.15, 0.2) is 27.2 Å². The van der Waals surface area contributed by atoms with Crippen molar-refractivity contribution >= 4 is 33.6 Å². The lowest BCUT2D eigenvalue weighted by Crippen LogP contribution is -2.02. The van der Waals surface area contributed by atoms with Crippen LogP contribution in [0.4, 0.5) is 5.95 Å². The molecular weight excluding hydrogens is 292 g/mol. The molecule has 2 N–H and O–H groups in total. The van der Waals surface area contributed by atoms with E-state index in [2.05, 4.69) is 46.4 Å². The van der Waals surface area contributed by atoms with Gasteiger partial charge < -0.3 is 5.32 Å². The zero-order valence-electron chi connectivity index (χ0n) is 8.44. The van der Waals surface area contributed by atoms with Crippen LogP contribution in [0.5, 0.6) is 0 Å². The van der Waals surface area contributed by atoms with Crippen LogP contribution in [0, 0.1) is 0 Å². The number of H-pyrrole nitrogens is 1. The predicted molar refractivity (Wildman–Crippen MR) is 64.4 cm³/mol. The minimum atomic E-state index is 0.604. The lowest BCUT2D eigenvalue weighted by molar-refractivity contribution is 0.955. The van der Waals surface area contributed by atoms with Crippen LogP contribution in [0.3, 0.4) is 0 Å². The van der Waals surface area contributed by atoms with Crippen molar-refractivity contribution in [2.24, 2.45) is 0 Å².